The topological polar surface area (TPSA) is 101 Å². The van der Waals surface area contributed by atoms with Crippen LogP contribution in [0, 0.1) is 17.8 Å². The highest BCUT2D eigenvalue weighted by Crippen LogP contribution is 2.48. The van der Waals surface area contributed by atoms with Crippen molar-refractivity contribution >= 4 is 17.7 Å². The van der Waals surface area contributed by atoms with Crippen LogP contribution >= 0.6 is 0 Å². The molecule has 0 unspecified atom stereocenters. The lowest BCUT2D eigenvalue weighted by molar-refractivity contribution is -0.126. The molecule has 0 spiro atoms. The molecule has 0 aromatic heterocycles. The Hall–Kier alpha value is -2.37. The summed E-state index contributed by atoms with van der Waals surface area (Å²) in [6.45, 7) is 0.288. The smallest absolute Gasteiger partial charge is 0.251 e. The third-order valence-corrected chi connectivity index (χ3v) is 5.18. The molecule has 2 aliphatic rings. The van der Waals surface area contributed by atoms with Crippen molar-refractivity contribution in [2.75, 3.05) is 6.54 Å². The lowest BCUT2D eigenvalue weighted by Crippen LogP contribution is -2.33. The Labute approximate surface area is 141 Å². The SMILES string of the molecule is NC(=O)CNC(=O)c1ccc(CNC(=O)[C@@H]2C[C@@H]3CC[C@@H]2C3)cc1. The number of hydrogen-bond acceptors (Lipinski definition) is 3. The molecule has 0 aliphatic heterocycles. The van der Waals surface area contributed by atoms with E-state index in [0.29, 0.717) is 18.0 Å². The minimum absolute atomic E-state index is 0.158. The van der Waals surface area contributed by atoms with Crippen molar-refractivity contribution in [1.29, 1.82) is 0 Å². The molecule has 2 saturated carbocycles. The zero-order valence-corrected chi connectivity index (χ0v) is 13.6. The van der Waals surface area contributed by atoms with E-state index in [9.17, 15) is 14.4 Å². The minimum atomic E-state index is -0.580. The summed E-state index contributed by atoms with van der Waals surface area (Å²) in [7, 11) is 0. The van der Waals surface area contributed by atoms with E-state index >= 15 is 0 Å². The van der Waals surface area contributed by atoms with Gasteiger partial charge in [-0.25, -0.2) is 0 Å². The first-order valence-electron chi connectivity index (χ1n) is 8.46. The Morgan fingerprint density at radius 1 is 1.04 bits per heavy atom. The van der Waals surface area contributed by atoms with Crippen LogP contribution in [0.2, 0.25) is 0 Å². The predicted octanol–water partition coefficient (Wildman–Crippen LogP) is 0.954. The van der Waals surface area contributed by atoms with Crippen molar-refractivity contribution in [2.24, 2.45) is 23.5 Å². The fraction of sp³-hybridized carbons (Fsp3) is 0.500. The molecule has 4 N–H and O–H groups in total. The van der Waals surface area contributed by atoms with E-state index in [1.807, 2.05) is 0 Å². The maximum atomic E-state index is 12.3. The second-order valence-corrected chi connectivity index (χ2v) is 6.85. The average molecular weight is 329 g/mol. The largest absolute Gasteiger partial charge is 0.368 e. The Kier molecular flexibility index (Phi) is 4.83. The number of carbonyl (C=O) groups is 3. The zero-order chi connectivity index (χ0) is 17.1. The van der Waals surface area contributed by atoms with Crippen LogP contribution in [0.25, 0.3) is 0 Å². The van der Waals surface area contributed by atoms with Gasteiger partial charge >= 0.3 is 0 Å². The van der Waals surface area contributed by atoms with E-state index in [-0.39, 0.29) is 24.3 Å². The predicted molar refractivity (Wildman–Crippen MR) is 88.8 cm³/mol. The van der Waals surface area contributed by atoms with Crippen molar-refractivity contribution in [3.8, 4) is 0 Å². The van der Waals surface area contributed by atoms with Gasteiger partial charge in [0.15, 0.2) is 0 Å². The second kappa shape index (κ2) is 7.03. The molecule has 3 rings (SSSR count). The van der Waals surface area contributed by atoms with Crippen molar-refractivity contribution < 1.29 is 14.4 Å². The van der Waals surface area contributed by atoms with E-state index in [0.717, 1.165) is 17.9 Å². The number of hydrogen-bond donors (Lipinski definition) is 3. The van der Waals surface area contributed by atoms with Crippen molar-refractivity contribution in [3.63, 3.8) is 0 Å². The van der Waals surface area contributed by atoms with Gasteiger partial charge in [-0.1, -0.05) is 18.6 Å². The third-order valence-electron chi connectivity index (χ3n) is 5.18. The van der Waals surface area contributed by atoms with Crippen molar-refractivity contribution in [3.05, 3.63) is 35.4 Å². The molecule has 1 aromatic rings. The fourth-order valence-corrected chi connectivity index (χ4v) is 3.93. The van der Waals surface area contributed by atoms with Gasteiger partial charge in [0.05, 0.1) is 6.54 Å². The standard InChI is InChI=1S/C18H23N3O3/c19-16(22)10-21-17(23)13-4-1-11(2-5-13)9-20-18(24)15-8-12-3-6-14(15)7-12/h1-2,4-5,12,14-15H,3,6-10H2,(H2,19,22)(H,20,24)(H,21,23)/t12-,14-,15-/m1/s1. The highest BCUT2D eigenvalue weighted by molar-refractivity contribution is 5.96. The number of primary amides is 1. The molecular weight excluding hydrogens is 306 g/mol. The molecule has 0 saturated heterocycles. The molecule has 2 bridgehead atoms. The van der Waals surface area contributed by atoms with Crippen molar-refractivity contribution in [1.82, 2.24) is 10.6 Å². The number of amides is 3. The van der Waals surface area contributed by atoms with Crippen LogP contribution in [0.4, 0.5) is 0 Å². The number of benzene rings is 1. The molecule has 2 aliphatic carbocycles. The summed E-state index contributed by atoms with van der Waals surface area (Å²) in [5.41, 5.74) is 6.39. The van der Waals surface area contributed by atoms with Crippen LogP contribution in [-0.2, 0) is 16.1 Å². The molecule has 3 amide bonds. The van der Waals surface area contributed by atoms with Crippen LogP contribution in [-0.4, -0.2) is 24.3 Å². The molecular formula is C18H23N3O3. The molecule has 0 radical (unpaired) electrons. The van der Waals surface area contributed by atoms with E-state index in [4.69, 9.17) is 5.73 Å². The van der Waals surface area contributed by atoms with Crippen LogP contribution < -0.4 is 16.4 Å². The van der Waals surface area contributed by atoms with E-state index < -0.39 is 5.91 Å². The van der Waals surface area contributed by atoms with E-state index in [1.54, 1.807) is 24.3 Å². The normalized spacial score (nSPS) is 24.6. The summed E-state index contributed by atoms with van der Waals surface area (Å²) in [4.78, 5) is 34.8. The van der Waals surface area contributed by atoms with E-state index in [1.165, 1.54) is 19.3 Å². The number of nitrogens with two attached hydrogens (primary N) is 1. The fourth-order valence-electron chi connectivity index (χ4n) is 3.93. The Morgan fingerprint density at radius 3 is 2.38 bits per heavy atom. The van der Waals surface area contributed by atoms with Gasteiger partial charge in [-0.3, -0.25) is 14.4 Å². The summed E-state index contributed by atoms with van der Waals surface area (Å²) >= 11 is 0. The lowest BCUT2D eigenvalue weighted by atomic mass is 9.88. The summed E-state index contributed by atoms with van der Waals surface area (Å²) in [5.74, 6) is 0.748. The minimum Gasteiger partial charge on any atom is -0.368 e. The molecule has 3 atom stereocenters. The first kappa shape index (κ1) is 16.5. The summed E-state index contributed by atoms with van der Waals surface area (Å²) in [5, 5.41) is 5.45. The first-order valence-corrected chi connectivity index (χ1v) is 8.46. The number of carbonyl (C=O) groups excluding carboxylic acids is 3. The van der Waals surface area contributed by atoms with Crippen LogP contribution in [0.1, 0.15) is 41.6 Å². The van der Waals surface area contributed by atoms with E-state index in [2.05, 4.69) is 10.6 Å². The van der Waals surface area contributed by atoms with Gasteiger partial charge in [-0.2, -0.15) is 0 Å². The Balaban J connectivity index is 1.48. The molecule has 2 fully saturated rings. The summed E-state index contributed by atoms with van der Waals surface area (Å²) in [6, 6.07) is 6.96. The molecule has 1 aromatic carbocycles. The van der Waals surface area contributed by atoms with Gasteiger partial charge in [0.1, 0.15) is 0 Å². The maximum Gasteiger partial charge on any atom is 0.251 e. The van der Waals surface area contributed by atoms with Gasteiger partial charge < -0.3 is 16.4 Å². The van der Waals surface area contributed by atoms with Crippen LogP contribution in [0.3, 0.4) is 0 Å². The number of fused-ring (bicyclic) bond motifs is 2. The molecule has 0 heterocycles. The monoisotopic (exact) mass is 329 g/mol. The van der Waals surface area contributed by atoms with Gasteiger partial charge in [0.25, 0.3) is 5.91 Å². The van der Waals surface area contributed by atoms with Crippen LogP contribution in [0.5, 0.6) is 0 Å². The number of rotatable bonds is 6. The molecule has 6 nitrogen and oxygen atoms in total. The zero-order valence-electron chi connectivity index (χ0n) is 13.6. The van der Waals surface area contributed by atoms with Gasteiger partial charge in [-0.15, -0.1) is 0 Å². The van der Waals surface area contributed by atoms with Gasteiger partial charge in [0, 0.05) is 18.0 Å². The molecule has 128 valence electrons. The Bertz CT molecular complexity index is 641. The Morgan fingerprint density at radius 2 is 1.79 bits per heavy atom. The highest BCUT2D eigenvalue weighted by atomic mass is 16.2. The van der Waals surface area contributed by atoms with Crippen LogP contribution in [0.15, 0.2) is 24.3 Å². The summed E-state index contributed by atoms with van der Waals surface area (Å²) in [6.07, 6.45) is 4.73. The number of nitrogens with one attached hydrogen (secondary N) is 2. The maximum absolute atomic E-state index is 12.3. The quantitative estimate of drug-likeness (QED) is 0.724. The average Bonchev–Trinajstić information content (AvgIpc) is 3.21. The lowest BCUT2D eigenvalue weighted by Gasteiger charge is -2.20. The highest BCUT2D eigenvalue weighted by Gasteiger charge is 2.42. The van der Waals surface area contributed by atoms with Crippen molar-refractivity contribution in [2.45, 2.75) is 32.2 Å². The van der Waals surface area contributed by atoms with Gasteiger partial charge in [0.2, 0.25) is 11.8 Å². The molecule has 24 heavy (non-hydrogen) atoms. The third kappa shape index (κ3) is 3.75. The first-order chi connectivity index (χ1) is 11.5. The second-order valence-electron chi connectivity index (χ2n) is 6.85. The summed E-state index contributed by atoms with van der Waals surface area (Å²) < 4.78 is 0. The molecule has 6 heteroatoms. The van der Waals surface area contributed by atoms with Gasteiger partial charge in [-0.05, 0) is 48.8 Å².